The molecule has 0 fully saturated rings. The molecule has 0 saturated heterocycles. The molecule has 4 aromatic rings. The number of nitrogens with zero attached hydrogens (tertiary/aromatic N) is 3. The lowest BCUT2D eigenvalue weighted by molar-refractivity contribution is -0.113. The molecule has 1 amide bonds. The lowest BCUT2D eigenvalue weighted by Gasteiger charge is -2.21. The molecular formula is C27H28N4O2S2. The van der Waals surface area contributed by atoms with Gasteiger partial charge in [-0.3, -0.25) is 14.2 Å². The Morgan fingerprint density at radius 2 is 1.86 bits per heavy atom. The number of likely N-dealkylation sites (N-methyl/N-ethyl adjacent to an activating group) is 1. The van der Waals surface area contributed by atoms with Gasteiger partial charge >= 0.3 is 0 Å². The zero-order chi connectivity index (χ0) is 24.7. The van der Waals surface area contributed by atoms with Gasteiger partial charge in [-0.2, -0.15) is 0 Å². The maximum atomic E-state index is 13.9. The van der Waals surface area contributed by atoms with Crippen LogP contribution in [-0.4, -0.2) is 39.7 Å². The van der Waals surface area contributed by atoms with Gasteiger partial charge in [-0.1, -0.05) is 41.6 Å². The molecule has 2 aromatic heterocycles. The van der Waals surface area contributed by atoms with Crippen LogP contribution in [-0.2, 0) is 17.8 Å². The predicted molar refractivity (Wildman–Crippen MR) is 145 cm³/mol. The number of hydrogen-bond acceptors (Lipinski definition) is 6. The van der Waals surface area contributed by atoms with Crippen molar-refractivity contribution in [2.45, 2.75) is 38.9 Å². The number of aromatic nitrogens is 2. The molecular weight excluding hydrogens is 476 g/mol. The van der Waals surface area contributed by atoms with E-state index in [0.717, 1.165) is 63.4 Å². The molecule has 0 bridgehead atoms. The zero-order valence-electron chi connectivity index (χ0n) is 20.3. The minimum atomic E-state index is -0.124. The molecule has 0 saturated carbocycles. The van der Waals surface area contributed by atoms with Gasteiger partial charge in [-0.15, -0.1) is 11.3 Å². The summed E-state index contributed by atoms with van der Waals surface area (Å²) in [5.74, 6) is 0.0333. The van der Waals surface area contributed by atoms with Gasteiger partial charge in [0, 0.05) is 23.7 Å². The van der Waals surface area contributed by atoms with Crippen LogP contribution in [0.4, 0.5) is 5.69 Å². The Morgan fingerprint density at radius 3 is 2.63 bits per heavy atom. The van der Waals surface area contributed by atoms with E-state index in [-0.39, 0.29) is 17.2 Å². The lowest BCUT2D eigenvalue weighted by atomic mass is 10.1. The van der Waals surface area contributed by atoms with Gasteiger partial charge in [0.15, 0.2) is 5.16 Å². The first-order chi connectivity index (χ1) is 16.8. The normalized spacial score (nSPS) is 13.7. The molecule has 0 atom stereocenters. The van der Waals surface area contributed by atoms with E-state index >= 15 is 0 Å². The van der Waals surface area contributed by atoms with Crippen molar-refractivity contribution in [1.29, 1.82) is 0 Å². The number of thioether (sulfide) groups is 1. The van der Waals surface area contributed by atoms with E-state index in [1.54, 1.807) is 15.9 Å². The lowest BCUT2D eigenvalue weighted by Crippen LogP contribution is -2.27. The molecule has 35 heavy (non-hydrogen) atoms. The number of amides is 1. The second-order valence-electron chi connectivity index (χ2n) is 9.20. The fraction of sp³-hybridized carbons (Fsp3) is 0.296. The number of nitrogens with one attached hydrogen (secondary N) is 1. The summed E-state index contributed by atoms with van der Waals surface area (Å²) < 4.78 is 1.67. The summed E-state index contributed by atoms with van der Waals surface area (Å²) in [6.07, 6.45) is 0.849. The van der Waals surface area contributed by atoms with Crippen LogP contribution in [0, 0.1) is 20.8 Å². The SMILES string of the molecule is Cc1ccc(-n2c(SCC(=O)Nc3cc(C)ccc3C)nc3sc4c(c3c2=O)CCN(C)C4)cc1. The van der Waals surface area contributed by atoms with Crippen LogP contribution in [0.25, 0.3) is 15.9 Å². The topological polar surface area (TPSA) is 67.2 Å². The number of carbonyl (C=O) groups is 1. The molecule has 0 unspecified atom stereocenters. The highest BCUT2D eigenvalue weighted by Gasteiger charge is 2.24. The van der Waals surface area contributed by atoms with Gasteiger partial charge < -0.3 is 10.2 Å². The first kappa shape index (κ1) is 23.8. The summed E-state index contributed by atoms with van der Waals surface area (Å²) in [6, 6.07) is 13.9. The second kappa shape index (κ2) is 9.60. The third-order valence-electron chi connectivity index (χ3n) is 6.33. The van der Waals surface area contributed by atoms with Gasteiger partial charge in [0.1, 0.15) is 4.83 Å². The minimum Gasteiger partial charge on any atom is -0.325 e. The summed E-state index contributed by atoms with van der Waals surface area (Å²) in [5.41, 5.74) is 5.87. The molecule has 1 aliphatic heterocycles. The fourth-order valence-corrected chi connectivity index (χ4v) is 6.51. The van der Waals surface area contributed by atoms with Gasteiger partial charge in [-0.05, 0) is 69.1 Å². The Morgan fingerprint density at radius 1 is 1.11 bits per heavy atom. The van der Waals surface area contributed by atoms with Gasteiger partial charge in [0.2, 0.25) is 5.91 Å². The van der Waals surface area contributed by atoms with Crippen molar-refractivity contribution in [3.05, 3.63) is 79.9 Å². The number of fused-ring (bicyclic) bond motifs is 3. The van der Waals surface area contributed by atoms with Crippen molar-refractivity contribution in [3.63, 3.8) is 0 Å². The molecule has 5 rings (SSSR count). The highest BCUT2D eigenvalue weighted by Crippen LogP contribution is 2.34. The second-order valence-corrected chi connectivity index (χ2v) is 11.2. The summed E-state index contributed by atoms with van der Waals surface area (Å²) in [6.45, 7) is 7.76. The maximum absolute atomic E-state index is 13.9. The van der Waals surface area contributed by atoms with Gasteiger partial charge in [-0.25, -0.2) is 4.98 Å². The van der Waals surface area contributed by atoms with Crippen molar-refractivity contribution in [1.82, 2.24) is 14.5 Å². The van der Waals surface area contributed by atoms with Crippen molar-refractivity contribution in [2.75, 3.05) is 24.7 Å². The van der Waals surface area contributed by atoms with Crippen molar-refractivity contribution in [3.8, 4) is 5.69 Å². The van der Waals surface area contributed by atoms with E-state index in [1.165, 1.54) is 16.6 Å². The monoisotopic (exact) mass is 504 g/mol. The first-order valence-electron chi connectivity index (χ1n) is 11.6. The van der Waals surface area contributed by atoms with Crippen LogP contribution in [0.3, 0.4) is 0 Å². The molecule has 180 valence electrons. The van der Waals surface area contributed by atoms with Crippen LogP contribution in [0.5, 0.6) is 0 Å². The van der Waals surface area contributed by atoms with E-state index in [0.29, 0.717) is 5.16 Å². The molecule has 8 heteroatoms. The van der Waals surface area contributed by atoms with E-state index in [4.69, 9.17) is 4.98 Å². The first-order valence-corrected chi connectivity index (χ1v) is 13.4. The Bertz CT molecular complexity index is 1490. The van der Waals surface area contributed by atoms with Crippen LogP contribution in [0.15, 0.2) is 52.4 Å². The summed E-state index contributed by atoms with van der Waals surface area (Å²) in [4.78, 5) is 35.9. The number of hydrogen-bond donors (Lipinski definition) is 1. The largest absolute Gasteiger partial charge is 0.325 e. The number of thiophene rings is 1. The van der Waals surface area contributed by atoms with Crippen molar-refractivity contribution in [2.24, 2.45) is 0 Å². The smallest absolute Gasteiger partial charge is 0.267 e. The molecule has 1 N–H and O–H groups in total. The van der Waals surface area contributed by atoms with Gasteiger partial charge in [0.25, 0.3) is 5.56 Å². The average Bonchev–Trinajstić information content (AvgIpc) is 3.18. The fourth-order valence-electron chi connectivity index (χ4n) is 4.36. The minimum absolute atomic E-state index is 0.0571. The number of rotatable bonds is 5. The molecule has 0 spiro atoms. The third kappa shape index (κ3) is 4.78. The molecule has 1 aliphatic rings. The highest BCUT2D eigenvalue weighted by atomic mass is 32.2. The summed E-state index contributed by atoms with van der Waals surface area (Å²) in [5, 5.41) is 4.27. The zero-order valence-corrected chi connectivity index (χ0v) is 22.0. The van der Waals surface area contributed by atoms with Crippen LogP contribution >= 0.6 is 23.1 Å². The molecule has 0 aliphatic carbocycles. The number of benzene rings is 2. The van der Waals surface area contributed by atoms with Gasteiger partial charge in [0.05, 0.1) is 16.8 Å². The Kier molecular flexibility index (Phi) is 6.53. The van der Waals surface area contributed by atoms with E-state index < -0.39 is 0 Å². The summed E-state index contributed by atoms with van der Waals surface area (Å²) >= 11 is 2.89. The standard InChI is InChI=1S/C27H28N4O2S2/c1-16-6-9-19(10-7-16)31-26(33)24-20-11-12-30(4)14-22(20)35-25(24)29-27(31)34-15-23(32)28-21-13-17(2)5-8-18(21)3/h5-10,13H,11-12,14-15H2,1-4H3,(H,28,32). The molecule has 2 aromatic carbocycles. The number of aryl methyl sites for hydroxylation is 3. The maximum Gasteiger partial charge on any atom is 0.267 e. The van der Waals surface area contributed by atoms with E-state index in [1.807, 2.05) is 63.2 Å². The van der Waals surface area contributed by atoms with Crippen LogP contribution in [0.2, 0.25) is 0 Å². The highest BCUT2D eigenvalue weighted by molar-refractivity contribution is 7.99. The van der Waals surface area contributed by atoms with Crippen LogP contribution in [0.1, 0.15) is 27.1 Å². The Balaban J connectivity index is 1.52. The Labute approximate surface area is 213 Å². The Hall–Kier alpha value is -2.94. The number of carbonyl (C=O) groups excluding carboxylic acids is 1. The molecule has 6 nitrogen and oxygen atoms in total. The average molecular weight is 505 g/mol. The van der Waals surface area contributed by atoms with Crippen molar-refractivity contribution >= 4 is 44.9 Å². The third-order valence-corrected chi connectivity index (χ3v) is 8.38. The predicted octanol–water partition coefficient (Wildman–Crippen LogP) is 5.09. The van der Waals surface area contributed by atoms with Crippen LogP contribution < -0.4 is 10.9 Å². The van der Waals surface area contributed by atoms with E-state index in [9.17, 15) is 9.59 Å². The molecule has 3 heterocycles. The quantitative estimate of drug-likeness (QED) is 0.303. The summed E-state index contributed by atoms with van der Waals surface area (Å²) in [7, 11) is 2.10. The number of anilines is 1. The van der Waals surface area contributed by atoms with E-state index in [2.05, 4.69) is 17.3 Å². The van der Waals surface area contributed by atoms with Crippen molar-refractivity contribution < 1.29 is 4.79 Å². The molecule has 0 radical (unpaired) electrons.